The van der Waals surface area contributed by atoms with Crippen LogP contribution in [0.5, 0.6) is 17.2 Å². The number of fused-ring (bicyclic) bond motifs is 1. The summed E-state index contributed by atoms with van der Waals surface area (Å²) in [5, 5.41) is 4.88. The zero-order valence-electron chi connectivity index (χ0n) is 15.0. The molecule has 138 valence electrons. The van der Waals surface area contributed by atoms with Crippen LogP contribution in [0.15, 0.2) is 39.8 Å². The van der Waals surface area contributed by atoms with Crippen molar-refractivity contribution in [3.63, 3.8) is 0 Å². The van der Waals surface area contributed by atoms with E-state index >= 15 is 0 Å². The molecule has 7 nitrogen and oxygen atoms in total. The summed E-state index contributed by atoms with van der Waals surface area (Å²) in [5.41, 5.74) is 1.56. The van der Waals surface area contributed by atoms with Crippen LogP contribution in [-0.2, 0) is 11.3 Å². The topological polar surface area (TPSA) is 75.0 Å². The van der Waals surface area contributed by atoms with Gasteiger partial charge in [0.25, 0.3) is 0 Å². The predicted molar refractivity (Wildman–Crippen MR) is 100 cm³/mol. The highest BCUT2D eigenvalue weighted by atomic mass is 32.2. The summed E-state index contributed by atoms with van der Waals surface area (Å²) in [6, 6.07) is 9.39. The molecule has 3 aromatic rings. The van der Waals surface area contributed by atoms with E-state index in [1.54, 1.807) is 28.4 Å². The summed E-state index contributed by atoms with van der Waals surface area (Å²) in [4.78, 5) is 0.809. The molecule has 0 unspecified atom stereocenters. The number of rotatable bonds is 8. The molecule has 1 heterocycles. The first kappa shape index (κ1) is 18.2. The quantitative estimate of drug-likeness (QED) is 0.589. The minimum Gasteiger partial charge on any atom is -0.496 e. The largest absolute Gasteiger partial charge is 0.496 e. The molecule has 1 N–H and O–H groups in total. The molecule has 0 bridgehead atoms. The molecule has 0 fully saturated rings. The van der Waals surface area contributed by atoms with Gasteiger partial charge in [-0.1, -0.05) is 11.2 Å². The number of ether oxygens (including phenoxy) is 4. The van der Waals surface area contributed by atoms with Gasteiger partial charge in [-0.3, -0.25) is 0 Å². The molecule has 0 radical (unpaired) electrons. The predicted octanol–water partition coefficient (Wildman–Crippen LogP) is 4.12. The van der Waals surface area contributed by atoms with Crippen molar-refractivity contribution in [1.82, 2.24) is 5.16 Å². The number of benzene rings is 2. The Balaban J connectivity index is 1.93. The van der Waals surface area contributed by atoms with Gasteiger partial charge in [0, 0.05) is 7.11 Å². The number of aromatic nitrogens is 1. The van der Waals surface area contributed by atoms with Crippen molar-refractivity contribution in [3.05, 3.63) is 35.9 Å². The first-order valence-corrected chi connectivity index (χ1v) is 8.62. The first-order valence-electron chi connectivity index (χ1n) is 7.80. The molecule has 0 aliphatic heterocycles. The smallest absolute Gasteiger partial charge is 0.191 e. The molecule has 2 aromatic carbocycles. The second-order valence-electron chi connectivity index (χ2n) is 5.33. The Morgan fingerprint density at radius 2 is 1.69 bits per heavy atom. The van der Waals surface area contributed by atoms with Crippen LogP contribution < -0.4 is 18.9 Å². The van der Waals surface area contributed by atoms with Crippen LogP contribution in [0.25, 0.3) is 11.0 Å². The first-order chi connectivity index (χ1) is 12.7. The number of nitrogens with zero attached hydrogens (tertiary/aromatic N) is 1. The Morgan fingerprint density at radius 1 is 1.00 bits per heavy atom. The summed E-state index contributed by atoms with van der Waals surface area (Å²) >= 11 is 1.33. The zero-order chi connectivity index (χ0) is 18.5. The van der Waals surface area contributed by atoms with E-state index in [2.05, 4.69) is 9.88 Å². The van der Waals surface area contributed by atoms with Gasteiger partial charge in [0.2, 0.25) is 0 Å². The number of anilines is 1. The maximum absolute atomic E-state index is 5.50. The van der Waals surface area contributed by atoms with Gasteiger partial charge >= 0.3 is 0 Å². The van der Waals surface area contributed by atoms with E-state index in [-0.39, 0.29) is 0 Å². The van der Waals surface area contributed by atoms with Crippen molar-refractivity contribution < 1.29 is 23.5 Å². The highest BCUT2D eigenvalue weighted by Gasteiger charge is 2.17. The van der Waals surface area contributed by atoms with E-state index in [1.807, 2.05) is 30.3 Å². The molecule has 0 saturated heterocycles. The van der Waals surface area contributed by atoms with Crippen molar-refractivity contribution in [3.8, 4) is 17.2 Å². The Bertz CT molecular complexity index is 874. The van der Waals surface area contributed by atoms with E-state index in [4.69, 9.17) is 23.5 Å². The fourth-order valence-electron chi connectivity index (χ4n) is 2.59. The molecule has 8 heteroatoms. The van der Waals surface area contributed by atoms with Gasteiger partial charge in [0.15, 0.2) is 11.4 Å². The van der Waals surface area contributed by atoms with Gasteiger partial charge in [-0.25, -0.2) is 0 Å². The molecule has 0 aliphatic rings. The van der Waals surface area contributed by atoms with Gasteiger partial charge in [-0.15, -0.1) is 0 Å². The van der Waals surface area contributed by atoms with Crippen LogP contribution in [0.4, 0.5) is 5.82 Å². The van der Waals surface area contributed by atoms with Crippen molar-refractivity contribution in [2.75, 3.05) is 33.2 Å². The highest BCUT2D eigenvalue weighted by Crippen LogP contribution is 2.40. The van der Waals surface area contributed by atoms with Gasteiger partial charge in [-0.2, -0.15) is 0 Å². The minimum atomic E-state index is 0.461. The van der Waals surface area contributed by atoms with Gasteiger partial charge < -0.3 is 28.2 Å². The average Bonchev–Trinajstić information content (AvgIpc) is 3.08. The molecule has 0 amide bonds. The van der Waals surface area contributed by atoms with Crippen LogP contribution in [0.1, 0.15) is 5.56 Å². The third kappa shape index (κ3) is 3.51. The summed E-state index contributed by atoms with van der Waals surface area (Å²) in [6.45, 7) is 0.461. The maximum atomic E-state index is 5.50. The molecule has 3 rings (SSSR count). The number of hydrogen-bond acceptors (Lipinski definition) is 8. The normalized spacial score (nSPS) is 10.8. The lowest BCUT2D eigenvalue weighted by atomic mass is 10.1. The standard InChI is InChI=1S/C18H20N2O5S/c1-21-10-11-8-14(24-4)16-15(9-11)25-19-18(16)20-26-17-12(22-2)6-5-7-13(17)23-3/h5-9H,10H2,1-4H3,(H,19,20). The van der Waals surface area contributed by atoms with Gasteiger partial charge in [0.1, 0.15) is 27.5 Å². The summed E-state index contributed by atoms with van der Waals surface area (Å²) in [7, 11) is 6.48. The van der Waals surface area contributed by atoms with E-state index in [9.17, 15) is 0 Å². The van der Waals surface area contributed by atoms with Crippen LogP contribution in [0.3, 0.4) is 0 Å². The average molecular weight is 376 g/mol. The zero-order valence-corrected chi connectivity index (χ0v) is 15.8. The van der Waals surface area contributed by atoms with Crippen LogP contribution >= 0.6 is 11.9 Å². The molecule has 1 aromatic heterocycles. The van der Waals surface area contributed by atoms with E-state index in [0.717, 1.165) is 15.8 Å². The fraction of sp³-hybridized carbons (Fsp3) is 0.278. The van der Waals surface area contributed by atoms with Gasteiger partial charge in [0.05, 0.1) is 27.9 Å². The second kappa shape index (κ2) is 8.20. The van der Waals surface area contributed by atoms with Gasteiger partial charge in [-0.05, 0) is 41.8 Å². The molecular weight excluding hydrogens is 356 g/mol. The molecule has 26 heavy (non-hydrogen) atoms. The summed E-state index contributed by atoms with van der Waals surface area (Å²) in [6.07, 6.45) is 0. The summed E-state index contributed by atoms with van der Waals surface area (Å²) < 4.78 is 30.2. The summed E-state index contributed by atoms with van der Waals surface area (Å²) in [5.74, 6) is 2.61. The third-order valence-corrected chi connectivity index (χ3v) is 4.66. The lowest BCUT2D eigenvalue weighted by molar-refractivity contribution is 0.184. The third-order valence-electron chi connectivity index (χ3n) is 3.76. The molecular formula is C18H20N2O5S. The van der Waals surface area contributed by atoms with E-state index in [1.165, 1.54) is 11.9 Å². The number of nitrogens with one attached hydrogen (secondary N) is 1. The van der Waals surface area contributed by atoms with Crippen LogP contribution in [0, 0.1) is 0 Å². The Kier molecular flexibility index (Phi) is 5.75. The number of hydrogen-bond donors (Lipinski definition) is 1. The Hall–Kier alpha value is -2.58. The van der Waals surface area contributed by atoms with E-state index < -0.39 is 0 Å². The monoisotopic (exact) mass is 376 g/mol. The Labute approximate surface area is 155 Å². The SMILES string of the molecule is COCc1cc(OC)c2c(NSc3c(OC)cccc3OC)noc2c1. The molecule has 0 saturated carbocycles. The highest BCUT2D eigenvalue weighted by molar-refractivity contribution is 8.00. The number of methoxy groups -OCH3 is 4. The molecule has 0 aliphatic carbocycles. The Morgan fingerprint density at radius 3 is 2.31 bits per heavy atom. The van der Waals surface area contributed by atoms with Crippen molar-refractivity contribution in [1.29, 1.82) is 0 Å². The molecule has 0 atom stereocenters. The van der Waals surface area contributed by atoms with Crippen molar-refractivity contribution in [2.24, 2.45) is 0 Å². The lowest BCUT2D eigenvalue weighted by Crippen LogP contribution is -1.96. The van der Waals surface area contributed by atoms with Crippen molar-refractivity contribution in [2.45, 2.75) is 11.5 Å². The van der Waals surface area contributed by atoms with Crippen LogP contribution in [-0.4, -0.2) is 33.6 Å². The lowest BCUT2D eigenvalue weighted by Gasteiger charge is -2.12. The fourth-order valence-corrected chi connectivity index (χ4v) is 3.43. The van der Waals surface area contributed by atoms with Crippen molar-refractivity contribution >= 4 is 28.7 Å². The molecule has 0 spiro atoms. The minimum absolute atomic E-state index is 0.461. The van der Waals surface area contributed by atoms with E-state index in [0.29, 0.717) is 35.3 Å². The second-order valence-corrected chi connectivity index (χ2v) is 6.15. The van der Waals surface area contributed by atoms with Crippen LogP contribution in [0.2, 0.25) is 0 Å². The maximum Gasteiger partial charge on any atom is 0.191 e.